The molecule has 0 N–H and O–H groups in total. The Balaban J connectivity index is 0.000000432. The Morgan fingerprint density at radius 2 is 0.325 bits per heavy atom. The molecular weight excluding hydrogens is 1060 g/mol. The minimum absolute atomic E-state index is 0.540. The molecule has 0 saturated carbocycles. The van der Waals surface area contributed by atoms with Gasteiger partial charge in [0.05, 0.1) is 78.5 Å². The highest BCUT2D eigenvalue weighted by Crippen LogP contribution is 2.12. The van der Waals surface area contributed by atoms with Crippen molar-refractivity contribution in [1.29, 1.82) is 0 Å². The number of alkyl halides is 3. The largest absolute Gasteiger partial charge is 0.291 e. The van der Waals surface area contributed by atoms with Gasteiger partial charge in [-0.1, -0.05) is 83.3 Å². The van der Waals surface area contributed by atoms with E-state index in [1.165, 1.54) is 22.3 Å². The lowest BCUT2D eigenvalue weighted by atomic mass is 10.1. The standard InChI is InChI=1S/C48H48N12.2C8H10.CHCl3/c1-2-50-26-38-15-41-18-42(16-38)30-54-8-10-58-34-46-20-44-22-48(24-46)36-60-12-11-59-35-47-21-43(19-45(23-47)33-57-9-7-53-29-41)31-55-5-3-51-27-39-13-37(25-49-1)14-40(17-39)28-52-4-6-56-32-44;2*1-7-5-3-4-6-8(7)2;2-1(3)4/h13-36H,1-12H2;2*3-6H,1-2H3;1H. The van der Waals surface area contributed by atoms with Gasteiger partial charge in [0.25, 0.3) is 0 Å². The number of aliphatic imine (C=N–C) groups is 12. The molecule has 15 heteroatoms. The Labute approximate surface area is 487 Å². The van der Waals surface area contributed by atoms with Crippen LogP contribution in [-0.2, 0) is 0 Å². The third-order valence-electron chi connectivity index (χ3n) is 11.9. The zero-order valence-corrected chi connectivity index (χ0v) is 48.3. The predicted octanol–water partition coefficient (Wildman–Crippen LogP) is 12.4. The molecule has 4 heterocycles. The van der Waals surface area contributed by atoms with Crippen LogP contribution in [0.4, 0.5) is 0 Å². The molecule has 0 fully saturated rings. The van der Waals surface area contributed by atoms with Crippen LogP contribution in [-0.4, -0.2) is 157 Å². The lowest BCUT2D eigenvalue weighted by Gasteiger charge is -2.02. The van der Waals surface area contributed by atoms with Gasteiger partial charge in [0.1, 0.15) is 0 Å². The Morgan fingerprint density at radius 1 is 0.225 bits per heavy atom. The summed E-state index contributed by atoms with van der Waals surface area (Å²) in [6.07, 6.45) is 22.6. The maximum Gasteiger partial charge on any atom is 0.180 e. The Hall–Kier alpha value is -7.77. The smallest absolute Gasteiger partial charge is 0.180 e. The van der Waals surface area contributed by atoms with Crippen LogP contribution >= 0.6 is 34.8 Å². The lowest BCUT2D eigenvalue weighted by Crippen LogP contribution is -1.97. The van der Waals surface area contributed by atoms with Gasteiger partial charge in [-0.2, -0.15) is 0 Å². The zero-order valence-electron chi connectivity index (χ0n) is 46.0. The van der Waals surface area contributed by atoms with Gasteiger partial charge < -0.3 is 0 Å². The van der Waals surface area contributed by atoms with Gasteiger partial charge in [-0.05, 0) is 190 Å². The molecule has 4 aliphatic rings. The molecule has 6 aromatic rings. The van der Waals surface area contributed by atoms with Gasteiger partial charge in [0.15, 0.2) is 4.30 Å². The van der Waals surface area contributed by atoms with Crippen molar-refractivity contribution in [3.8, 4) is 0 Å². The van der Waals surface area contributed by atoms with Crippen LogP contribution < -0.4 is 0 Å². The zero-order chi connectivity index (χ0) is 56.4. The lowest BCUT2D eigenvalue weighted by molar-refractivity contribution is 0.983. The van der Waals surface area contributed by atoms with Crippen LogP contribution in [0.3, 0.4) is 0 Å². The van der Waals surface area contributed by atoms with Gasteiger partial charge in [-0.3, -0.25) is 59.9 Å². The molecule has 12 nitrogen and oxygen atoms in total. The average molecular weight is 1120 g/mol. The number of nitrogens with zero attached hydrogens (tertiary/aromatic N) is 12. The summed E-state index contributed by atoms with van der Waals surface area (Å²) >= 11 is 14.4. The molecule has 0 saturated heterocycles. The Bertz CT molecular complexity index is 2540. The third-order valence-corrected chi connectivity index (χ3v) is 11.9. The molecule has 12 bridgehead atoms. The summed E-state index contributed by atoms with van der Waals surface area (Å²) in [4.78, 5) is 56.5. The first kappa shape index (κ1) is 61.4. The number of rotatable bonds is 0. The molecule has 4 aliphatic heterocycles. The number of benzene rings is 6. The minimum Gasteiger partial charge on any atom is -0.291 e. The molecule has 0 aromatic heterocycles. The van der Waals surface area contributed by atoms with Crippen molar-refractivity contribution < 1.29 is 0 Å². The Kier molecular flexibility index (Phi) is 27.4. The highest BCUT2D eigenvalue weighted by Gasteiger charge is 2.03. The molecule has 0 aliphatic carbocycles. The van der Waals surface area contributed by atoms with E-state index in [1.54, 1.807) is 0 Å². The van der Waals surface area contributed by atoms with Crippen molar-refractivity contribution in [2.45, 2.75) is 32.0 Å². The maximum absolute atomic E-state index is 4.81. The number of fused-ring (bicyclic) bond motifs is 18. The summed E-state index contributed by atoms with van der Waals surface area (Å²) in [5.41, 5.74) is 17.0. The summed E-state index contributed by atoms with van der Waals surface area (Å²) in [6.45, 7) is 15.0. The number of hydrogen-bond acceptors (Lipinski definition) is 12. The summed E-state index contributed by atoms with van der Waals surface area (Å²) in [5, 5.41) is 0. The summed E-state index contributed by atoms with van der Waals surface area (Å²) in [6, 6.07) is 41.6. The van der Waals surface area contributed by atoms with Crippen molar-refractivity contribution in [3.05, 3.63) is 210 Å². The second-order valence-corrected chi connectivity index (χ2v) is 20.6. The first-order chi connectivity index (χ1) is 39.0. The monoisotopic (exact) mass is 1120 g/mol. The fraction of sp³-hybridized carbons (Fsp3) is 0.262. The topological polar surface area (TPSA) is 148 Å². The molecule has 0 amide bonds. The van der Waals surface area contributed by atoms with E-state index in [0.717, 1.165) is 66.8 Å². The average Bonchev–Trinajstić information content (AvgIpc) is 3.44. The first-order valence-corrected chi connectivity index (χ1v) is 27.9. The Morgan fingerprint density at radius 3 is 0.412 bits per heavy atom. The van der Waals surface area contributed by atoms with Crippen LogP contribution in [0.25, 0.3) is 0 Å². The normalized spacial score (nSPS) is 14.6. The van der Waals surface area contributed by atoms with Crippen LogP contribution in [0.5, 0.6) is 0 Å². The quantitative estimate of drug-likeness (QED) is 0.133. The highest BCUT2D eigenvalue weighted by atomic mass is 35.6. The van der Waals surface area contributed by atoms with Crippen molar-refractivity contribution in [2.24, 2.45) is 59.9 Å². The molecule has 80 heavy (non-hydrogen) atoms. The van der Waals surface area contributed by atoms with Crippen LogP contribution in [0, 0.1) is 27.7 Å². The molecule has 0 unspecified atom stereocenters. The van der Waals surface area contributed by atoms with Gasteiger partial charge in [-0.15, -0.1) is 0 Å². The number of hydrogen-bond donors (Lipinski definition) is 0. The summed E-state index contributed by atoms with van der Waals surface area (Å²) in [7, 11) is 0. The van der Waals surface area contributed by atoms with Crippen molar-refractivity contribution >= 4 is 109 Å². The predicted molar refractivity (Wildman–Crippen MR) is 348 cm³/mol. The van der Waals surface area contributed by atoms with E-state index < -0.39 is 4.30 Å². The molecular formula is C65H69Cl3N12. The van der Waals surface area contributed by atoms with E-state index in [4.69, 9.17) is 94.7 Å². The van der Waals surface area contributed by atoms with Gasteiger partial charge >= 0.3 is 0 Å². The number of halogens is 3. The van der Waals surface area contributed by atoms with Gasteiger partial charge in [0.2, 0.25) is 0 Å². The van der Waals surface area contributed by atoms with E-state index in [2.05, 4.69) is 149 Å². The SMILES string of the molecule is C1=NCCN=Cc2cc3cc(c2)C=NCCN=Cc2cc4cc(c2)C=NCCN=Cc2cc(cc(c2)C=NCCN=C3)C=NCCN=Cc2cc1cc(c2)C=NCCN=C4.Cc1ccccc1C.Cc1ccccc1C.ClC(Cl)Cl. The van der Waals surface area contributed by atoms with Gasteiger partial charge in [-0.25, -0.2) is 0 Å². The van der Waals surface area contributed by atoms with Crippen LogP contribution in [0.15, 0.2) is 181 Å². The van der Waals surface area contributed by atoms with E-state index in [1.807, 2.05) is 74.6 Å². The summed E-state index contributed by atoms with van der Waals surface area (Å²) in [5.74, 6) is 0. The molecule has 10 rings (SSSR count). The second kappa shape index (κ2) is 35.7. The fourth-order valence-corrected chi connectivity index (χ4v) is 7.76. The van der Waals surface area contributed by atoms with Gasteiger partial charge in [0, 0.05) is 74.6 Å². The molecule has 0 spiro atoms. The van der Waals surface area contributed by atoms with E-state index in [-0.39, 0.29) is 0 Å². The fourth-order valence-electron chi connectivity index (χ4n) is 7.76. The molecule has 6 aromatic carbocycles. The summed E-state index contributed by atoms with van der Waals surface area (Å²) < 4.78 is -0.750. The first-order valence-electron chi connectivity index (χ1n) is 26.6. The van der Waals surface area contributed by atoms with Crippen molar-refractivity contribution in [3.63, 3.8) is 0 Å². The van der Waals surface area contributed by atoms with E-state index >= 15 is 0 Å². The molecule has 0 atom stereocenters. The third kappa shape index (κ3) is 24.9. The number of aryl methyl sites for hydroxylation is 4. The van der Waals surface area contributed by atoms with E-state index in [9.17, 15) is 0 Å². The highest BCUT2D eigenvalue weighted by molar-refractivity contribution is 6.63. The molecule has 410 valence electrons. The molecule has 0 radical (unpaired) electrons. The van der Waals surface area contributed by atoms with Crippen molar-refractivity contribution in [2.75, 3.05) is 78.5 Å². The maximum atomic E-state index is 4.81. The second-order valence-electron chi connectivity index (χ2n) is 18.6. The van der Waals surface area contributed by atoms with Crippen molar-refractivity contribution in [1.82, 2.24) is 0 Å². The van der Waals surface area contributed by atoms with Crippen LogP contribution in [0.1, 0.15) is 89.0 Å². The van der Waals surface area contributed by atoms with Crippen LogP contribution in [0.2, 0.25) is 0 Å². The van der Waals surface area contributed by atoms with E-state index in [0.29, 0.717) is 78.5 Å². The minimum atomic E-state index is -0.750.